The summed E-state index contributed by atoms with van der Waals surface area (Å²) in [6.07, 6.45) is 4.85. The number of hydrogen-bond donors (Lipinski definition) is 1. The lowest BCUT2D eigenvalue weighted by Gasteiger charge is -2.22. The van der Waals surface area contributed by atoms with E-state index < -0.39 is 17.6 Å². The van der Waals surface area contributed by atoms with Crippen LogP contribution < -0.4 is 10.6 Å². The first-order valence-electron chi connectivity index (χ1n) is 10.2. The van der Waals surface area contributed by atoms with E-state index in [1.165, 1.54) is 17.0 Å². The van der Waals surface area contributed by atoms with Crippen molar-refractivity contribution in [3.05, 3.63) is 59.3 Å². The molecule has 0 saturated heterocycles. The quantitative estimate of drug-likeness (QED) is 0.698. The summed E-state index contributed by atoms with van der Waals surface area (Å²) in [5.41, 5.74) is 7.50. The lowest BCUT2D eigenvalue weighted by Crippen LogP contribution is -2.31. The summed E-state index contributed by atoms with van der Waals surface area (Å²) in [7, 11) is 1.62. The van der Waals surface area contributed by atoms with Gasteiger partial charge in [0.2, 0.25) is 5.91 Å². The number of anilines is 1. The predicted octanol–water partition coefficient (Wildman–Crippen LogP) is 2.61. The number of carbonyl (C=O) groups is 2. The minimum absolute atomic E-state index is 0.172. The van der Waals surface area contributed by atoms with Crippen molar-refractivity contribution in [1.29, 1.82) is 0 Å². The molecule has 5 rings (SSSR count). The van der Waals surface area contributed by atoms with Gasteiger partial charge < -0.3 is 15.2 Å². The van der Waals surface area contributed by atoms with E-state index in [1.807, 2.05) is 22.8 Å². The zero-order valence-electron chi connectivity index (χ0n) is 17.0. The van der Waals surface area contributed by atoms with Crippen molar-refractivity contribution < 1.29 is 14.0 Å². The molecule has 1 unspecified atom stereocenters. The first-order valence-corrected chi connectivity index (χ1v) is 10.2. The van der Waals surface area contributed by atoms with Gasteiger partial charge in [0.15, 0.2) is 5.82 Å². The maximum atomic E-state index is 14.3. The average molecular weight is 420 g/mol. The van der Waals surface area contributed by atoms with Gasteiger partial charge in [0.05, 0.1) is 17.2 Å². The Morgan fingerprint density at radius 3 is 2.77 bits per heavy atom. The normalized spacial score (nSPS) is 18.6. The van der Waals surface area contributed by atoms with Gasteiger partial charge in [-0.3, -0.25) is 9.59 Å². The number of benzene rings is 1. The predicted molar refractivity (Wildman–Crippen MR) is 111 cm³/mol. The van der Waals surface area contributed by atoms with Crippen molar-refractivity contribution in [3.63, 3.8) is 0 Å². The van der Waals surface area contributed by atoms with E-state index in [0.29, 0.717) is 47.3 Å². The molecule has 8 nitrogen and oxygen atoms in total. The van der Waals surface area contributed by atoms with E-state index in [-0.39, 0.29) is 11.5 Å². The number of hydrogen-bond acceptors (Lipinski definition) is 5. The number of halogens is 1. The fourth-order valence-electron chi connectivity index (χ4n) is 4.17. The van der Waals surface area contributed by atoms with E-state index >= 15 is 0 Å². The number of fused-ring (bicyclic) bond motifs is 1. The Labute approximate surface area is 177 Å². The van der Waals surface area contributed by atoms with Gasteiger partial charge in [-0.15, -0.1) is 10.2 Å². The van der Waals surface area contributed by atoms with Gasteiger partial charge in [-0.2, -0.15) is 0 Å². The van der Waals surface area contributed by atoms with Crippen LogP contribution in [0.1, 0.15) is 52.8 Å². The number of nitrogens with two attached hydrogens (primary N) is 1. The SMILES string of the molecule is CN1C(=O)C(c2cccc(-c3nncn3C3CC3)n2)CCc2cc(F)c(C(N)=O)cc21. The van der Waals surface area contributed by atoms with Crippen molar-refractivity contribution in [2.75, 3.05) is 11.9 Å². The number of nitrogens with zero attached hydrogens (tertiary/aromatic N) is 5. The zero-order chi connectivity index (χ0) is 21.7. The van der Waals surface area contributed by atoms with Gasteiger partial charge in [0.1, 0.15) is 17.8 Å². The van der Waals surface area contributed by atoms with E-state index in [1.54, 1.807) is 13.4 Å². The molecule has 2 aliphatic rings. The molecule has 2 N–H and O–H groups in total. The standard InChI is InChI=1S/C22H21FN6O2/c1-28-19-10-15(20(24)30)16(23)9-12(19)5-8-14(22(28)31)17-3-2-4-18(26-17)21-27-25-11-29(21)13-6-7-13/h2-4,9-11,13-14H,5-8H2,1H3,(H2,24,30). The molecule has 3 heterocycles. The van der Waals surface area contributed by atoms with Crippen LogP contribution >= 0.6 is 0 Å². The molecule has 2 aromatic heterocycles. The van der Waals surface area contributed by atoms with Crippen LogP contribution in [0.5, 0.6) is 0 Å². The summed E-state index contributed by atoms with van der Waals surface area (Å²) in [6, 6.07) is 8.60. The van der Waals surface area contributed by atoms with Crippen molar-refractivity contribution >= 4 is 17.5 Å². The van der Waals surface area contributed by atoms with Crippen molar-refractivity contribution in [3.8, 4) is 11.5 Å². The van der Waals surface area contributed by atoms with Crippen molar-refractivity contribution in [1.82, 2.24) is 19.7 Å². The highest BCUT2D eigenvalue weighted by Gasteiger charge is 2.32. The number of amides is 2. The average Bonchev–Trinajstić information content (AvgIpc) is 3.50. The van der Waals surface area contributed by atoms with Crippen LogP contribution in [0.2, 0.25) is 0 Å². The summed E-state index contributed by atoms with van der Waals surface area (Å²) in [6.45, 7) is 0. The molecule has 1 fully saturated rings. The Morgan fingerprint density at radius 1 is 1.23 bits per heavy atom. The number of carbonyl (C=O) groups excluding carboxylic acids is 2. The highest BCUT2D eigenvalue weighted by Crippen LogP contribution is 2.38. The first kappa shape index (κ1) is 19.3. The molecule has 1 atom stereocenters. The number of aryl methyl sites for hydroxylation is 1. The maximum Gasteiger partial charge on any atom is 0.251 e. The van der Waals surface area contributed by atoms with Crippen LogP contribution in [-0.4, -0.2) is 38.6 Å². The topological polar surface area (TPSA) is 107 Å². The Kier molecular flexibility index (Phi) is 4.53. The van der Waals surface area contributed by atoms with Crippen LogP contribution in [0.25, 0.3) is 11.5 Å². The molecule has 9 heteroatoms. The van der Waals surface area contributed by atoms with Crippen molar-refractivity contribution in [2.24, 2.45) is 5.73 Å². The minimum atomic E-state index is -0.865. The molecule has 158 valence electrons. The molecule has 2 amide bonds. The molecule has 31 heavy (non-hydrogen) atoms. The molecule has 1 aliphatic heterocycles. The number of likely N-dealkylation sites (N-methyl/N-ethyl adjacent to an activating group) is 1. The Morgan fingerprint density at radius 2 is 2.03 bits per heavy atom. The Balaban J connectivity index is 1.50. The van der Waals surface area contributed by atoms with Gasteiger partial charge in [-0.1, -0.05) is 6.07 Å². The minimum Gasteiger partial charge on any atom is -0.366 e. The molecule has 0 spiro atoms. The van der Waals surface area contributed by atoms with Gasteiger partial charge >= 0.3 is 0 Å². The number of primary amides is 1. The third kappa shape index (κ3) is 3.35. The monoisotopic (exact) mass is 420 g/mol. The highest BCUT2D eigenvalue weighted by atomic mass is 19.1. The van der Waals surface area contributed by atoms with Crippen LogP contribution in [0, 0.1) is 5.82 Å². The second kappa shape index (κ2) is 7.26. The van der Waals surface area contributed by atoms with Crippen LogP contribution in [-0.2, 0) is 11.2 Å². The molecule has 3 aromatic rings. The lowest BCUT2D eigenvalue weighted by molar-refractivity contribution is -0.119. The molecular weight excluding hydrogens is 399 g/mol. The molecule has 1 aliphatic carbocycles. The second-order valence-corrected chi connectivity index (χ2v) is 8.05. The third-order valence-corrected chi connectivity index (χ3v) is 6.00. The van der Waals surface area contributed by atoms with Gasteiger partial charge in [-0.25, -0.2) is 9.37 Å². The summed E-state index contributed by atoms with van der Waals surface area (Å²) < 4.78 is 16.3. The number of rotatable bonds is 4. The maximum absolute atomic E-state index is 14.3. The smallest absolute Gasteiger partial charge is 0.251 e. The number of pyridine rings is 1. The number of aromatic nitrogens is 4. The van der Waals surface area contributed by atoms with Crippen molar-refractivity contribution in [2.45, 2.75) is 37.6 Å². The van der Waals surface area contributed by atoms with Crippen LogP contribution in [0.3, 0.4) is 0 Å². The fourth-order valence-corrected chi connectivity index (χ4v) is 4.17. The molecular formula is C22H21FN6O2. The van der Waals surface area contributed by atoms with Gasteiger partial charge in [-0.05, 0) is 55.5 Å². The van der Waals surface area contributed by atoms with Crippen LogP contribution in [0.4, 0.5) is 10.1 Å². The third-order valence-electron chi connectivity index (χ3n) is 6.00. The summed E-state index contributed by atoms with van der Waals surface area (Å²) in [4.78, 5) is 31.1. The summed E-state index contributed by atoms with van der Waals surface area (Å²) >= 11 is 0. The largest absolute Gasteiger partial charge is 0.366 e. The van der Waals surface area contributed by atoms with E-state index in [0.717, 1.165) is 12.8 Å². The molecule has 0 bridgehead atoms. The van der Waals surface area contributed by atoms with E-state index in [2.05, 4.69) is 10.2 Å². The second-order valence-electron chi connectivity index (χ2n) is 8.05. The fraction of sp³-hybridized carbons (Fsp3) is 0.318. The highest BCUT2D eigenvalue weighted by molar-refractivity contribution is 6.01. The van der Waals surface area contributed by atoms with E-state index in [9.17, 15) is 14.0 Å². The Hall–Kier alpha value is -3.62. The van der Waals surface area contributed by atoms with Gasteiger partial charge in [0.25, 0.3) is 5.91 Å². The molecule has 0 radical (unpaired) electrons. The van der Waals surface area contributed by atoms with Gasteiger partial charge in [0, 0.05) is 18.8 Å². The zero-order valence-corrected chi connectivity index (χ0v) is 17.0. The molecule has 1 aromatic carbocycles. The summed E-state index contributed by atoms with van der Waals surface area (Å²) in [5, 5.41) is 8.25. The lowest BCUT2D eigenvalue weighted by atomic mass is 9.96. The molecule has 1 saturated carbocycles. The first-order chi connectivity index (χ1) is 14.9. The summed E-state index contributed by atoms with van der Waals surface area (Å²) in [5.74, 6) is -1.53. The van der Waals surface area contributed by atoms with Crippen LogP contribution in [0.15, 0.2) is 36.7 Å². The Bertz CT molecular complexity index is 1200. The van der Waals surface area contributed by atoms with E-state index in [4.69, 9.17) is 10.7 Å².